The molecule has 0 heterocycles. The number of carbonyl (C=O) groups excluding carboxylic acids is 2. The highest BCUT2D eigenvalue weighted by Crippen LogP contribution is 2.33. The molecule has 6 nitrogen and oxygen atoms in total. The molecule has 0 radical (unpaired) electrons. The molecule has 0 atom stereocenters. The van der Waals surface area contributed by atoms with Gasteiger partial charge in [-0.25, -0.2) is 4.79 Å². The molecule has 0 aliphatic heterocycles. The molecule has 6 heteroatoms. The first-order valence-corrected chi connectivity index (χ1v) is 6.45. The third kappa shape index (κ3) is 4.66. The van der Waals surface area contributed by atoms with Crippen LogP contribution in [0.15, 0.2) is 12.1 Å². The van der Waals surface area contributed by atoms with Crippen molar-refractivity contribution < 1.29 is 23.8 Å². The van der Waals surface area contributed by atoms with E-state index in [0.29, 0.717) is 22.7 Å². The molecule has 116 valence electrons. The number of methoxy groups -OCH3 is 2. The lowest BCUT2D eigenvalue weighted by molar-refractivity contribution is 0.0636. The van der Waals surface area contributed by atoms with Gasteiger partial charge in [-0.05, 0) is 27.7 Å². The smallest absolute Gasteiger partial charge is 0.412 e. The second kappa shape index (κ2) is 6.47. The zero-order chi connectivity index (χ0) is 16.2. The lowest BCUT2D eigenvalue weighted by Gasteiger charge is -2.20. The van der Waals surface area contributed by atoms with Crippen LogP contribution in [0, 0.1) is 0 Å². The zero-order valence-electron chi connectivity index (χ0n) is 13.2. The van der Waals surface area contributed by atoms with Gasteiger partial charge in [-0.1, -0.05) is 0 Å². The molecule has 0 spiro atoms. The summed E-state index contributed by atoms with van der Waals surface area (Å²) in [7, 11) is 2.89. The van der Waals surface area contributed by atoms with Crippen molar-refractivity contribution in [1.29, 1.82) is 0 Å². The second-order valence-electron chi connectivity index (χ2n) is 5.44. The number of rotatable bonds is 4. The number of amides is 1. The minimum atomic E-state index is -0.600. The Morgan fingerprint density at radius 2 is 1.52 bits per heavy atom. The van der Waals surface area contributed by atoms with Crippen LogP contribution in [0.25, 0.3) is 0 Å². The predicted molar refractivity (Wildman–Crippen MR) is 79.4 cm³/mol. The summed E-state index contributed by atoms with van der Waals surface area (Å²) in [5.41, 5.74) is 0.148. The summed E-state index contributed by atoms with van der Waals surface area (Å²) >= 11 is 0. The molecule has 0 aliphatic rings. The Morgan fingerprint density at radius 3 is 1.86 bits per heavy atom. The van der Waals surface area contributed by atoms with Gasteiger partial charge in [-0.15, -0.1) is 0 Å². The number of anilines is 1. The van der Waals surface area contributed by atoms with Crippen molar-refractivity contribution in [3.8, 4) is 11.5 Å². The van der Waals surface area contributed by atoms with Gasteiger partial charge in [0.1, 0.15) is 22.7 Å². The summed E-state index contributed by atoms with van der Waals surface area (Å²) < 4.78 is 15.5. The topological polar surface area (TPSA) is 73.9 Å². The molecule has 1 aromatic carbocycles. The van der Waals surface area contributed by atoms with E-state index in [1.54, 1.807) is 32.9 Å². The molecule has 0 unspecified atom stereocenters. The minimum Gasteiger partial charge on any atom is -0.496 e. The number of hydrogen-bond acceptors (Lipinski definition) is 5. The Hall–Kier alpha value is -2.24. The molecule has 21 heavy (non-hydrogen) atoms. The van der Waals surface area contributed by atoms with Crippen LogP contribution in [0.4, 0.5) is 10.5 Å². The average Bonchev–Trinajstić information content (AvgIpc) is 2.34. The molecular weight excluding hydrogens is 274 g/mol. The Bertz CT molecular complexity index is 520. The summed E-state index contributed by atoms with van der Waals surface area (Å²) in [6.45, 7) is 6.73. The molecule has 1 aromatic rings. The van der Waals surface area contributed by atoms with Crippen LogP contribution in [0.2, 0.25) is 0 Å². The Morgan fingerprint density at radius 1 is 1.05 bits per heavy atom. The molecule has 0 aliphatic carbocycles. The van der Waals surface area contributed by atoms with E-state index in [-0.39, 0.29) is 5.78 Å². The van der Waals surface area contributed by atoms with E-state index in [4.69, 9.17) is 14.2 Å². The third-order valence-electron chi connectivity index (χ3n) is 2.50. The lowest BCUT2D eigenvalue weighted by Crippen LogP contribution is -2.27. The summed E-state index contributed by atoms with van der Waals surface area (Å²) in [5.74, 6) is 0.466. The van der Waals surface area contributed by atoms with Gasteiger partial charge in [0.05, 0.1) is 19.9 Å². The standard InChI is InChI=1S/C15H21NO5/c1-9(17)13-11(19-5)7-10(8-12(13)20-6)16-14(18)21-15(2,3)4/h7-8H,1-6H3,(H,16,18). The molecule has 0 fully saturated rings. The van der Waals surface area contributed by atoms with E-state index in [1.807, 2.05) is 0 Å². The number of nitrogens with one attached hydrogen (secondary N) is 1. The third-order valence-corrected chi connectivity index (χ3v) is 2.50. The van der Waals surface area contributed by atoms with Gasteiger partial charge in [0.15, 0.2) is 5.78 Å². The first-order valence-electron chi connectivity index (χ1n) is 6.45. The molecule has 1 amide bonds. The highest BCUT2D eigenvalue weighted by molar-refractivity contribution is 6.01. The predicted octanol–water partition coefficient (Wildman–Crippen LogP) is 3.25. The van der Waals surface area contributed by atoms with E-state index >= 15 is 0 Å². The molecule has 0 saturated carbocycles. The van der Waals surface area contributed by atoms with Crippen molar-refractivity contribution in [2.75, 3.05) is 19.5 Å². The fourth-order valence-electron chi connectivity index (χ4n) is 1.75. The van der Waals surface area contributed by atoms with Gasteiger partial charge in [0, 0.05) is 12.1 Å². The monoisotopic (exact) mass is 295 g/mol. The Balaban J connectivity index is 3.10. The SMILES string of the molecule is COc1cc(NC(=O)OC(C)(C)C)cc(OC)c1C(C)=O. The molecule has 1 rings (SSSR count). The molecular formula is C15H21NO5. The largest absolute Gasteiger partial charge is 0.496 e. The molecule has 1 N–H and O–H groups in total. The maximum Gasteiger partial charge on any atom is 0.412 e. The van der Waals surface area contributed by atoms with Crippen LogP contribution >= 0.6 is 0 Å². The lowest BCUT2D eigenvalue weighted by atomic mass is 10.1. The van der Waals surface area contributed by atoms with Crippen molar-refractivity contribution in [2.45, 2.75) is 33.3 Å². The van der Waals surface area contributed by atoms with E-state index in [2.05, 4.69) is 5.32 Å². The maximum atomic E-state index is 11.8. The first kappa shape index (κ1) is 16.8. The molecule has 0 bridgehead atoms. The van der Waals surface area contributed by atoms with Crippen LogP contribution < -0.4 is 14.8 Å². The van der Waals surface area contributed by atoms with Gasteiger partial charge in [-0.2, -0.15) is 0 Å². The first-order chi connectivity index (χ1) is 9.67. The number of Topliss-reactive ketones (excluding diaryl/α,β-unsaturated/α-hetero) is 1. The number of benzene rings is 1. The summed E-state index contributed by atoms with van der Waals surface area (Å²) in [5, 5.41) is 2.58. The van der Waals surface area contributed by atoms with Gasteiger partial charge in [-0.3, -0.25) is 10.1 Å². The van der Waals surface area contributed by atoms with Crippen LogP contribution in [0.1, 0.15) is 38.1 Å². The maximum absolute atomic E-state index is 11.8. The van der Waals surface area contributed by atoms with Crippen molar-refractivity contribution in [3.63, 3.8) is 0 Å². The number of carbonyl (C=O) groups is 2. The van der Waals surface area contributed by atoms with Gasteiger partial charge in [0.2, 0.25) is 0 Å². The summed E-state index contributed by atoms with van der Waals surface area (Å²) in [4.78, 5) is 23.4. The number of ether oxygens (including phenoxy) is 3. The van der Waals surface area contributed by atoms with E-state index in [1.165, 1.54) is 21.1 Å². The summed E-state index contributed by atoms with van der Waals surface area (Å²) in [6, 6.07) is 3.09. The quantitative estimate of drug-likeness (QED) is 0.863. The number of hydrogen-bond donors (Lipinski definition) is 1. The Labute approximate surface area is 124 Å². The van der Waals surface area contributed by atoms with E-state index in [9.17, 15) is 9.59 Å². The van der Waals surface area contributed by atoms with Crippen LogP contribution in [0.5, 0.6) is 11.5 Å². The van der Waals surface area contributed by atoms with Crippen molar-refractivity contribution in [3.05, 3.63) is 17.7 Å². The highest BCUT2D eigenvalue weighted by Gasteiger charge is 2.20. The zero-order valence-corrected chi connectivity index (χ0v) is 13.2. The fourth-order valence-corrected chi connectivity index (χ4v) is 1.75. The molecule has 0 saturated heterocycles. The second-order valence-corrected chi connectivity index (χ2v) is 5.44. The average molecular weight is 295 g/mol. The normalized spacial score (nSPS) is 10.8. The van der Waals surface area contributed by atoms with Gasteiger partial charge in [0.25, 0.3) is 0 Å². The van der Waals surface area contributed by atoms with Gasteiger partial charge < -0.3 is 14.2 Å². The van der Waals surface area contributed by atoms with Crippen LogP contribution in [0.3, 0.4) is 0 Å². The van der Waals surface area contributed by atoms with Crippen LogP contribution in [-0.4, -0.2) is 31.7 Å². The number of ketones is 1. The minimum absolute atomic E-state index is 0.187. The Kier molecular flexibility index (Phi) is 5.18. The van der Waals surface area contributed by atoms with E-state index in [0.717, 1.165) is 0 Å². The van der Waals surface area contributed by atoms with Crippen molar-refractivity contribution in [1.82, 2.24) is 0 Å². The summed E-state index contributed by atoms with van der Waals surface area (Å²) in [6.07, 6.45) is -0.595. The fraction of sp³-hybridized carbons (Fsp3) is 0.467. The highest BCUT2D eigenvalue weighted by atomic mass is 16.6. The van der Waals surface area contributed by atoms with Gasteiger partial charge >= 0.3 is 6.09 Å². The van der Waals surface area contributed by atoms with E-state index < -0.39 is 11.7 Å². The van der Waals surface area contributed by atoms with Crippen molar-refractivity contribution in [2.24, 2.45) is 0 Å². The van der Waals surface area contributed by atoms with Crippen molar-refractivity contribution >= 4 is 17.6 Å². The van der Waals surface area contributed by atoms with Crippen LogP contribution in [-0.2, 0) is 4.74 Å². The molecule has 0 aromatic heterocycles.